The number of hydrogen-bond acceptors (Lipinski definition) is 4. The zero-order valence-electron chi connectivity index (χ0n) is 13.1. The molecular weight excluding hydrogens is 236 g/mol. The van der Waals surface area contributed by atoms with Crippen molar-refractivity contribution in [2.24, 2.45) is 0 Å². The maximum atomic E-state index is 3.83. The van der Waals surface area contributed by atoms with Crippen molar-refractivity contribution in [3.63, 3.8) is 0 Å². The van der Waals surface area contributed by atoms with E-state index in [1.54, 1.807) is 0 Å². The van der Waals surface area contributed by atoms with E-state index in [1.807, 2.05) is 0 Å². The minimum absolute atomic E-state index is 0.685. The summed E-state index contributed by atoms with van der Waals surface area (Å²) in [5.74, 6) is 0. The van der Waals surface area contributed by atoms with Crippen molar-refractivity contribution < 1.29 is 0 Å². The third kappa shape index (κ3) is 4.71. The quantitative estimate of drug-likeness (QED) is 0.810. The predicted molar refractivity (Wildman–Crippen MR) is 81.7 cm³/mol. The van der Waals surface area contributed by atoms with Crippen molar-refractivity contribution in [3.8, 4) is 0 Å². The van der Waals surface area contributed by atoms with Gasteiger partial charge in [-0.25, -0.2) is 0 Å². The first kappa shape index (κ1) is 15.2. The minimum atomic E-state index is 0.685. The average molecular weight is 268 g/mol. The van der Waals surface area contributed by atoms with Gasteiger partial charge in [-0.2, -0.15) is 0 Å². The highest BCUT2D eigenvalue weighted by Gasteiger charge is 2.23. The molecule has 2 rings (SSSR count). The van der Waals surface area contributed by atoms with E-state index in [9.17, 15) is 0 Å². The van der Waals surface area contributed by atoms with Crippen molar-refractivity contribution >= 4 is 0 Å². The van der Waals surface area contributed by atoms with Crippen molar-refractivity contribution in [1.29, 1.82) is 0 Å². The lowest BCUT2D eigenvalue weighted by Gasteiger charge is -2.38. The monoisotopic (exact) mass is 268 g/mol. The van der Waals surface area contributed by atoms with Crippen molar-refractivity contribution in [2.45, 2.75) is 38.3 Å². The first-order valence-electron chi connectivity index (χ1n) is 8.03. The molecule has 0 bridgehead atoms. The fraction of sp³-hybridized carbons (Fsp3) is 1.00. The average Bonchev–Trinajstić information content (AvgIpc) is 2.65. The van der Waals surface area contributed by atoms with Crippen LogP contribution < -0.4 is 5.32 Å². The Morgan fingerprint density at radius 3 is 2.68 bits per heavy atom. The third-order valence-corrected chi connectivity index (χ3v) is 4.89. The number of nitrogens with one attached hydrogen (secondary N) is 1. The molecule has 0 aromatic carbocycles. The number of hydrogen-bond donors (Lipinski definition) is 1. The zero-order valence-corrected chi connectivity index (χ0v) is 13.1. The first-order chi connectivity index (χ1) is 9.19. The summed E-state index contributed by atoms with van der Waals surface area (Å²) in [6, 6.07) is 1.42. The van der Waals surface area contributed by atoms with Crippen LogP contribution in [0.25, 0.3) is 0 Å². The highest BCUT2D eigenvalue weighted by molar-refractivity contribution is 4.83. The Hall–Kier alpha value is -0.160. The Morgan fingerprint density at radius 2 is 1.89 bits per heavy atom. The largest absolute Gasteiger partial charge is 0.312 e. The van der Waals surface area contributed by atoms with E-state index in [4.69, 9.17) is 0 Å². The van der Waals surface area contributed by atoms with Gasteiger partial charge in [-0.05, 0) is 53.0 Å². The second-order valence-corrected chi connectivity index (χ2v) is 6.37. The van der Waals surface area contributed by atoms with Gasteiger partial charge in [0.05, 0.1) is 0 Å². The molecule has 2 aliphatic rings. The van der Waals surface area contributed by atoms with Crippen LogP contribution in [-0.4, -0.2) is 86.7 Å². The van der Waals surface area contributed by atoms with Gasteiger partial charge in [0.25, 0.3) is 0 Å². The summed E-state index contributed by atoms with van der Waals surface area (Å²) in [6.45, 7) is 10.8. The van der Waals surface area contributed by atoms with Crippen LogP contribution >= 0.6 is 0 Å². The molecule has 0 amide bonds. The topological polar surface area (TPSA) is 21.8 Å². The predicted octanol–water partition coefficient (Wildman–Crippen LogP) is 0.696. The molecule has 1 N–H and O–H groups in total. The van der Waals surface area contributed by atoms with Crippen LogP contribution in [0.1, 0.15) is 26.2 Å². The van der Waals surface area contributed by atoms with E-state index in [1.165, 1.54) is 58.5 Å². The second kappa shape index (κ2) is 7.58. The zero-order chi connectivity index (χ0) is 13.7. The minimum Gasteiger partial charge on any atom is -0.312 e. The molecule has 2 atom stereocenters. The summed E-state index contributed by atoms with van der Waals surface area (Å²) in [7, 11) is 4.51. The van der Waals surface area contributed by atoms with Gasteiger partial charge in [-0.1, -0.05) is 6.92 Å². The van der Waals surface area contributed by atoms with Gasteiger partial charge in [0.2, 0.25) is 0 Å². The summed E-state index contributed by atoms with van der Waals surface area (Å²) in [5, 5.41) is 3.83. The Bertz CT molecular complexity index is 259. The van der Waals surface area contributed by atoms with Crippen molar-refractivity contribution in [2.75, 3.05) is 59.9 Å². The summed E-state index contributed by atoms with van der Waals surface area (Å²) in [6.07, 6.45) is 4.02. The van der Waals surface area contributed by atoms with Crippen molar-refractivity contribution in [3.05, 3.63) is 0 Å². The molecule has 0 radical (unpaired) electrons. The maximum absolute atomic E-state index is 3.83. The number of rotatable bonds is 4. The van der Waals surface area contributed by atoms with Crippen LogP contribution in [0.3, 0.4) is 0 Å². The Labute approximate surface area is 119 Å². The van der Waals surface area contributed by atoms with Crippen molar-refractivity contribution in [1.82, 2.24) is 20.0 Å². The summed E-state index contributed by atoms with van der Waals surface area (Å²) in [5.41, 5.74) is 0. The normalized spacial score (nSPS) is 32.4. The number of nitrogens with zero attached hydrogens (tertiary/aromatic N) is 3. The van der Waals surface area contributed by atoms with E-state index in [2.05, 4.69) is 41.0 Å². The second-order valence-electron chi connectivity index (χ2n) is 6.37. The molecule has 4 nitrogen and oxygen atoms in total. The van der Waals surface area contributed by atoms with Crippen LogP contribution in [0, 0.1) is 0 Å². The summed E-state index contributed by atoms with van der Waals surface area (Å²) < 4.78 is 0. The van der Waals surface area contributed by atoms with Crippen LogP contribution in [0.15, 0.2) is 0 Å². The fourth-order valence-electron chi connectivity index (χ4n) is 3.30. The molecule has 19 heavy (non-hydrogen) atoms. The number of piperazine rings is 1. The highest BCUT2D eigenvalue weighted by Crippen LogP contribution is 2.12. The van der Waals surface area contributed by atoms with Gasteiger partial charge in [0.15, 0.2) is 0 Å². The van der Waals surface area contributed by atoms with E-state index in [0.29, 0.717) is 6.04 Å². The number of likely N-dealkylation sites (N-methyl/N-ethyl adjacent to an activating group) is 2. The standard InChI is InChI=1S/C15H32N4/c1-4-19-8-5-6-14(7-9-19)16-12-15-13-17(2)10-11-18(15)3/h14-16H,4-13H2,1-3H3. The molecule has 4 heteroatoms. The summed E-state index contributed by atoms with van der Waals surface area (Å²) in [4.78, 5) is 7.56. The summed E-state index contributed by atoms with van der Waals surface area (Å²) >= 11 is 0. The third-order valence-electron chi connectivity index (χ3n) is 4.89. The molecule has 0 aliphatic carbocycles. The lowest BCUT2D eigenvalue weighted by Crippen LogP contribution is -2.54. The van der Waals surface area contributed by atoms with Gasteiger partial charge < -0.3 is 15.1 Å². The molecule has 2 fully saturated rings. The van der Waals surface area contributed by atoms with Gasteiger partial charge in [-0.15, -0.1) is 0 Å². The SMILES string of the molecule is CCN1CCCC(NCC2CN(C)CCN2C)CC1. The maximum Gasteiger partial charge on any atom is 0.0345 e. The van der Waals surface area contributed by atoms with E-state index >= 15 is 0 Å². The molecular formula is C15H32N4. The highest BCUT2D eigenvalue weighted by atomic mass is 15.3. The van der Waals surface area contributed by atoms with Gasteiger partial charge >= 0.3 is 0 Å². The molecule has 2 unspecified atom stereocenters. The van der Waals surface area contributed by atoms with Crippen LogP contribution in [0.2, 0.25) is 0 Å². The fourth-order valence-corrected chi connectivity index (χ4v) is 3.30. The molecule has 2 saturated heterocycles. The molecule has 112 valence electrons. The van der Waals surface area contributed by atoms with Gasteiger partial charge in [0.1, 0.15) is 0 Å². The van der Waals surface area contributed by atoms with Crippen LogP contribution in [0.4, 0.5) is 0 Å². The lowest BCUT2D eigenvalue weighted by atomic mass is 10.1. The molecule has 0 spiro atoms. The van der Waals surface area contributed by atoms with Crippen LogP contribution in [-0.2, 0) is 0 Å². The molecule has 0 saturated carbocycles. The van der Waals surface area contributed by atoms with E-state index in [-0.39, 0.29) is 0 Å². The number of likely N-dealkylation sites (tertiary alicyclic amines) is 1. The Balaban J connectivity index is 1.72. The molecule has 2 heterocycles. The smallest absolute Gasteiger partial charge is 0.0345 e. The van der Waals surface area contributed by atoms with Gasteiger partial charge in [-0.3, -0.25) is 4.90 Å². The molecule has 2 aliphatic heterocycles. The molecule has 0 aromatic rings. The van der Waals surface area contributed by atoms with Crippen LogP contribution in [0.5, 0.6) is 0 Å². The Kier molecular flexibility index (Phi) is 6.07. The Morgan fingerprint density at radius 1 is 1.05 bits per heavy atom. The van der Waals surface area contributed by atoms with E-state index in [0.717, 1.165) is 12.6 Å². The molecule has 0 aromatic heterocycles. The first-order valence-corrected chi connectivity index (χ1v) is 8.03. The van der Waals surface area contributed by atoms with Gasteiger partial charge in [0, 0.05) is 38.3 Å². The lowest BCUT2D eigenvalue weighted by molar-refractivity contribution is 0.111. The van der Waals surface area contributed by atoms with E-state index < -0.39 is 0 Å².